The fourth-order valence-electron chi connectivity index (χ4n) is 4.35. The van der Waals surface area contributed by atoms with Crippen molar-refractivity contribution in [3.63, 3.8) is 0 Å². The van der Waals surface area contributed by atoms with Crippen LogP contribution in [0.5, 0.6) is 0 Å². The molecule has 1 atom stereocenters. The fourth-order valence-corrected chi connectivity index (χ4v) is 6.23. The first-order valence-electron chi connectivity index (χ1n) is 10.8. The van der Waals surface area contributed by atoms with Crippen molar-refractivity contribution < 1.29 is 9.53 Å². The van der Waals surface area contributed by atoms with Crippen LogP contribution in [0, 0.1) is 0 Å². The van der Waals surface area contributed by atoms with Gasteiger partial charge in [-0.25, -0.2) is 4.98 Å². The molecular formula is C21H26N6O2S2. The maximum absolute atomic E-state index is 12.4. The Hall–Kier alpha value is -2.17. The third kappa shape index (κ3) is 4.28. The number of ether oxygens (including phenoxy) is 1. The summed E-state index contributed by atoms with van der Waals surface area (Å²) in [5.41, 5.74) is 7.18. The van der Waals surface area contributed by atoms with Crippen molar-refractivity contribution in [2.45, 2.75) is 55.8 Å². The Morgan fingerprint density at radius 1 is 1.29 bits per heavy atom. The minimum atomic E-state index is -0.00593. The molecule has 0 radical (unpaired) electrons. The number of aromatic nitrogens is 4. The van der Waals surface area contributed by atoms with Gasteiger partial charge in [-0.15, -0.1) is 21.5 Å². The number of rotatable bonds is 7. The standard InChI is InChI=1S/C21H26N6O2S2/c22-17-15-8-3-9-23-20(15)31-18(17)19-25-26-21(27(19)13-5-1-2-6-13)30-12-16(28)24-11-14-7-4-10-29-14/h3,8-9,13-14H,1-2,4-7,10-12,22H2,(H,24,28)/t14-/m0/s1. The lowest BCUT2D eigenvalue weighted by molar-refractivity contribution is -0.119. The van der Waals surface area contributed by atoms with E-state index in [0.717, 1.165) is 58.4 Å². The van der Waals surface area contributed by atoms with Gasteiger partial charge in [0.25, 0.3) is 0 Å². The van der Waals surface area contributed by atoms with Crippen LogP contribution in [-0.4, -0.2) is 50.7 Å². The summed E-state index contributed by atoms with van der Waals surface area (Å²) in [6.07, 6.45) is 8.57. The average Bonchev–Trinajstić information content (AvgIpc) is 3.58. The summed E-state index contributed by atoms with van der Waals surface area (Å²) >= 11 is 2.99. The Bertz CT molecular complexity index is 1070. The summed E-state index contributed by atoms with van der Waals surface area (Å²) in [6.45, 7) is 1.37. The van der Waals surface area contributed by atoms with Gasteiger partial charge >= 0.3 is 0 Å². The number of hydrogen-bond donors (Lipinski definition) is 2. The van der Waals surface area contributed by atoms with E-state index in [1.165, 1.54) is 24.6 Å². The summed E-state index contributed by atoms with van der Waals surface area (Å²) < 4.78 is 7.78. The van der Waals surface area contributed by atoms with Gasteiger partial charge in [-0.1, -0.05) is 24.6 Å². The largest absolute Gasteiger partial charge is 0.397 e. The van der Waals surface area contributed by atoms with Gasteiger partial charge < -0.3 is 15.8 Å². The van der Waals surface area contributed by atoms with Crippen molar-refractivity contribution in [2.24, 2.45) is 0 Å². The number of pyridine rings is 1. The van der Waals surface area contributed by atoms with Gasteiger partial charge in [0.15, 0.2) is 11.0 Å². The van der Waals surface area contributed by atoms with E-state index in [2.05, 4.69) is 25.1 Å². The Balaban J connectivity index is 1.37. The number of fused-ring (bicyclic) bond motifs is 1. The number of nitrogen functional groups attached to an aromatic ring is 1. The first-order chi connectivity index (χ1) is 15.2. The number of thioether (sulfide) groups is 1. The van der Waals surface area contributed by atoms with Crippen LogP contribution in [0.2, 0.25) is 0 Å². The zero-order chi connectivity index (χ0) is 21.2. The first-order valence-corrected chi connectivity index (χ1v) is 12.6. The SMILES string of the molecule is Nc1c(-c2nnc(SCC(=O)NC[C@@H]3CCCO3)n2C2CCCC2)sc2ncccc12. The molecule has 10 heteroatoms. The van der Waals surface area contributed by atoms with Crippen LogP contribution in [0.25, 0.3) is 20.9 Å². The van der Waals surface area contributed by atoms with Crippen LogP contribution in [0.15, 0.2) is 23.5 Å². The van der Waals surface area contributed by atoms with Crippen molar-refractivity contribution in [2.75, 3.05) is 24.6 Å². The summed E-state index contributed by atoms with van der Waals surface area (Å²) in [4.78, 5) is 18.6. The summed E-state index contributed by atoms with van der Waals surface area (Å²) in [5, 5.41) is 13.7. The predicted molar refractivity (Wildman–Crippen MR) is 123 cm³/mol. The van der Waals surface area contributed by atoms with E-state index < -0.39 is 0 Å². The number of carbonyl (C=O) groups is 1. The molecule has 3 aromatic rings. The van der Waals surface area contributed by atoms with E-state index in [-0.39, 0.29) is 12.0 Å². The van der Waals surface area contributed by atoms with Crippen molar-refractivity contribution in [3.8, 4) is 10.7 Å². The number of nitrogens with zero attached hydrogens (tertiary/aromatic N) is 4. The molecular weight excluding hydrogens is 432 g/mol. The molecule has 164 valence electrons. The molecule has 1 amide bonds. The molecule has 4 heterocycles. The van der Waals surface area contributed by atoms with Gasteiger partial charge in [-0.2, -0.15) is 0 Å². The molecule has 0 unspecified atom stereocenters. The van der Waals surface area contributed by atoms with Gasteiger partial charge in [0.1, 0.15) is 4.83 Å². The molecule has 0 aromatic carbocycles. The van der Waals surface area contributed by atoms with Crippen molar-refractivity contribution in [1.82, 2.24) is 25.1 Å². The lowest BCUT2D eigenvalue weighted by Gasteiger charge is -2.16. The van der Waals surface area contributed by atoms with Crippen LogP contribution in [-0.2, 0) is 9.53 Å². The van der Waals surface area contributed by atoms with Crippen LogP contribution < -0.4 is 11.1 Å². The first kappa shape index (κ1) is 20.7. The van der Waals surface area contributed by atoms with Gasteiger partial charge in [-0.05, 0) is 37.8 Å². The Kier molecular flexibility index (Phi) is 6.10. The van der Waals surface area contributed by atoms with Gasteiger partial charge in [0, 0.05) is 30.8 Å². The zero-order valence-electron chi connectivity index (χ0n) is 17.2. The second kappa shape index (κ2) is 9.13. The molecule has 0 bridgehead atoms. The molecule has 3 aromatic heterocycles. The second-order valence-corrected chi connectivity index (χ2v) is 9.98. The third-order valence-electron chi connectivity index (χ3n) is 5.95. The molecule has 1 saturated carbocycles. The highest BCUT2D eigenvalue weighted by atomic mass is 32.2. The molecule has 5 rings (SSSR count). The third-order valence-corrected chi connectivity index (χ3v) is 8.01. The lowest BCUT2D eigenvalue weighted by atomic mass is 10.2. The average molecular weight is 459 g/mol. The highest BCUT2D eigenvalue weighted by molar-refractivity contribution is 7.99. The zero-order valence-corrected chi connectivity index (χ0v) is 18.9. The molecule has 1 aliphatic carbocycles. The van der Waals surface area contributed by atoms with Crippen molar-refractivity contribution >= 4 is 44.9 Å². The quantitative estimate of drug-likeness (QED) is 0.520. The maximum atomic E-state index is 12.4. The van der Waals surface area contributed by atoms with Crippen molar-refractivity contribution in [3.05, 3.63) is 18.3 Å². The molecule has 0 spiro atoms. The molecule has 8 nitrogen and oxygen atoms in total. The van der Waals surface area contributed by atoms with Crippen LogP contribution >= 0.6 is 23.1 Å². The topological polar surface area (TPSA) is 108 Å². The summed E-state index contributed by atoms with van der Waals surface area (Å²) in [7, 11) is 0. The van der Waals surface area contributed by atoms with E-state index in [9.17, 15) is 4.79 Å². The highest BCUT2D eigenvalue weighted by Gasteiger charge is 2.28. The molecule has 1 aliphatic heterocycles. The molecule has 2 fully saturated rings. The van der Waals surface area contributed by atoms with E-state index in [0.29, 0.717) is 24.0 Å². The second-order valence-electron chi connectivity index (χ2n) is 8.04. The number of anilines is 1. The maximum Gasteiger partial charge on any atom is 0.230 e. The normalized spacial score (nSPS) is 19.4. The number of amides is 1. The lowest BCUT2D eigenvalue weighted by Crippen LogP contribution is -2.33. The smallest absolute Gasteiger partial charge is 0.230 e. The molecule has 31 heavy (non-hydrogen) atoms. The Morgan fingerprint density at radius 2 is 2.16 bits per heavy atom. The monoisotopic (exact) mass is 458 g/mol. The Labute approximate surface area is 189 Å². The van der Waals surface area contributed by atoms with E-state index in [1.54, 1.807) is 17.5 Å². The number of carbonyl (C=O) groups excluding carboxylic acids is 1. The van der Waals surface area contributed by atoms with Crippen LogP contribution in [0.1, 0.15) is 44.6 Å². The van der Waals surface area contributed by atoms with E-state index in [1.807, 2.05) is 12.1 Å². The van der Waals surface area contributed by atoms with E-state index >= 15 is 0 Å². The molecule has 2 aliphatic rings. The van der Waals surface area contributed by atoms with E-state index in [4.69, 9.17) is 10.5 Å². The fraction of sp³-hybridized carbons (Fsp3) is 0.524. The summed E-state index contributed by atoms with van der Waals surface area (Å²) in [6, 6.07) is 4.22. The number of hydrogen-bond acceptors (Lipinski definition) is 8. The summed E-state index contributed by atoms with van der Waals surface area (Å²) in [5.74, 6) is 1.09. The van der Waals surface area contributed by atoms with Gasteiger partial charge in [0.2, 0.25) is 5.91 Å². The minimum Gasteiger partial charge on any atom is -0.397 e. The predicted octanol–water partition coefficient (Wildman–Crippen LogP) is 3.64. The van der Waals surface area contributed by atoms with Crippen LogP contribution in [0.4, 0.5) is 5.69 Å². The van der Waals surface area contributed by atoms with Gasteiger partial charge in [-0.3, -0.25) is 9.36 Å². The van der Waals surface area contributed by atoms with Crippen LogP contribution in [0.3, 0.4) is 0 Å². The number of nitrogens with one attached hydrogen (secondary N) is 1. The number of nitrogens with two attached hydrogens (primary N) is 1. The van der Waals surface area contributed by atoms with Gasteiger partial charge in [0.05, 0.1) is 22.4 Å². The number of thiophene rings is 1. The molecule has 3 N–H and O–H groups in total. The highest BCUT2D eigenvalue weighted by Crippen LogP contribution is 2.43. The Morgan fingerprint density at radius 3 is 2.94 bits per heavy atom. The van der Waals surface area contributed by atoms with Crippen molar-refractivity contribution in [1.29, 1.82) is 0 Å². The minimum absolute atomic E-state index is 0.00593. The molecule has 1 saturated heterocycles.